The molecule has 16 heavy (non-hydrogen) atoms. The van der Waals surface area contributed by atoms with Gasteiger partial charge in [-0.2, -0.15) is 0 Å². The van der Waals surface area contributed by atoms with Crippen LogP contribution >= 0.6 is 0 Å². The van der Waals surface area contributed by atoms with Gasteiger partial charge in [0.2, 0.25) is 6.79 Å². The summed E-state index contributed by atoms with van der Waals surface area (Å²) in [7, 11) is 0. The summed E-state index contributed by atoms with van der Waals surface area (Å²) in [4.78, 5) is 0. The van der Waals surface area contributed by atoms with Gasteiger partial charge in [-0.1, -0.05) is 0 Å². The second kappa shape index (κ2) is 3.04. The van der Waals surface area contributed by atoms with Crippen LogP contribution in [0.4, 0.5) is 0 Å². The molecule has 0 aliphatic carbocycles. The van der Waals surface area contributed by atoms with Gasteiger partial charge in [-0.05, 0) is 19.9 Å². The molecule has 0 saturated carbocycles. The molecular formula is C12H14O4. The predicted molar refractivity (Wildman–Crippen MR) is 57.0 cm³/mol. The van der Waals surface area contributed by atoms with Crippen LogP contribution in [0.5, 0.6) is 17.2 Å². The van der Waals surface area contributed by atoms with Crippen molar-refractivity contribution in [3.63, 3.8) is 0 Å². The maximum Gasteiger partial charge on any atom is 0.231 e. The second-order valence-corrected chi connectivity index (χ2v) is 4.74. The Hall–Kier alpha value is -1.42. The minimum absolute atomic E-state index is 0.254. The lowest BCUT2D eigenvalue weighted by atomic mass is 9.91. The number of hydrogen-bond donors (Lipinski definition) is 1. The van der Waals surface area contributed by atoms with Crippen molar-refractivity contribution in [3.8, 4) is 17.2 Å². The topological polar surface area (TPSA) is 47.9 Å². The van der Waals surface area contributed by atoms with Crippen LogP contribution in [0.15, 0.2) is 12.1 Å². The van der Waals surface area contributed by atoms with E-state index in [4.69, 9.17) is 14.2 Å². The minimum Gasteiger partial charge on any atom is -0.485 e. The maximum absolute atomic E-state index is 9.94. The van der Waals surface area contributed by atoms with Gasteiger partial charge in [0.05, 0.1) is 6.10 Å². The summed E-state index contributed by atoms with van der Waals surface area (Å²) >= 11 is 0. The van der Waals surface area contributed by atoms with Crippen molar-refractivity contribution < 1.29 is 19.3 Å². The third kappa shape index (κ3) is 1.33. The number of rotatable bonds is 0. The molecule has 0 bridgehead atoms. The van der Waals surface area contributed by atoms with Crippen LogP contribution in [-0.4, -0.2) is 23.6 Å². The molecule has 2 aliphatic heterocycles. The van der Waals surface area contributed by atoms with Gasteiger partial charge in [0.15, 0.2) is 11.5 Å². The molecule has 0 radical (unpaired) electrons. The van der Waals surface area contributed by atoms with Crippen molar-refractivity contribution in [2.24, 2.45) is 0 Å². The number of benzene rings is 1. The zero-order chi connectivity index (χ0) is 11.3. The van der Waals surface area contributed by atoms with Crippen LogP contribution in [0.1, 0.15) is 19.4 Å². The molecule has 1 unspecified atom stereocenters. The highest BCUT2D eigenvalue weighted by Crippen LogP contribution is 2.42. The molecule has 86 valence electrons. The standard InChI is InChI=1S/C12H14O4/c1-12(2)11(13)4-7-3-9-10(15-6-14-9)5-8(7)16-12/h3,5,11,13H,4,6H2,1-2H3. The zero-order valence-electron chi connectivity index (χ0n) is 9.32. The Bertz CT molecular complexity index is 439. The average Bonchev–Trinajstić information content (AvgIpc) is 2.63. The average molecular weight is 222 g/mol. The fraction of sp³-hybridized carbons (Fsp3) is 0.500. The van der Waals surface area contributed by atoms with E-state index in [9.17, 15) is 5.11 Å². The third-order valence-electron chi connectivity index (χ3n) is 3.14. The third-order valence-corrected chi connectivity index (χ3v) is 3.14. The number of fused-ring (bicyclic) bond motifs is 2. The van der Waals surface area contributed by atoms with Crippen molar-refractivity contribution in [1.82, 2.24) is 0 Å². The fourth-order valence-electron chi connectivity index (χ4n) is 2.03. The van der Waals surface area contributed by atoms with Crippen molar-refractivity contribution in [2.75, 3.05) is 6.79 Å². The van der Waals surface area contributed by atoms with Gasteiger partial charge in [-0.3, -0.25) is 0 Å². The Morgan fingerprint density at radius 2 is 1.88 bits per heavy atom. The van der Waals surface area contributed by atoms with E-state index in [1.54, 1.807) is 0 Å². The lowest BCUT2D eigenvalue weighted by Gasteiger charge is -2.37. The molecule has 4 nitrogen and oxygen atoms in total. The first-order chi connectivity index (χ1) is 7.56. The quantitative estimate of drug-likeness (QED) is 0.722. The molecule has 0 aromatic heterocycles. The van der Waals surface area contributed by atoms with Crippen LogP contribution < -0.4 is 14.2 Å². The van der Waals surface area contributed by atoms with E-state index in [2.05, 4.69) is 0 Å². The van der Waals surface area contributed by atoms with Crippen LogP contribution in [0, 0.1) is 0 Å². The Morgan fingerprint density at radius 3 is 2.62 bits per heavy atom. The summed E-state index contributed by atoms with van der Waals surface area (Å²) in [6, 6.07) is 3.72. The van der Waals surface area contributed by atoms with Crippen LogP contribution in [-0.2, 0) is 6.42 Å². The van der Waals surface area contributed by atoms with E-state index < -0.39 is 11.7 Å². The number of aliphatic hydroxyl groups is 1. The van der Waals surface area contributed by atoms with Crippen molar-refractivity contribution in [1.29, 1.82) is 0 Å². The van der Waals surface area contributed by atoms with Crippen molar-refractivity contribution >= 4 is 0 Å². The van der Waals surface area contributed by atoms with Gasteiger partial charge in [0, 0.05) is 18.1 Å². The summed E-state index contributed by atoms with van der Waals surface area (Å²) in [5, 5.41) is 9.94. The second-order valence-electron chi connectivity index (χ2n) is 4.74. The van der Waals surface area contributed by atoms with E-state index in [1.165, 1.54) is 0 Å². The van der Waals surface area contributed by atoms with Gasteiger partial charge in [-0.15, -0.1) is 0 Å². The van der Waals surface area contributed by atoms with Crippen LogP contribution in [0.25, 0.3) is 0 Å². The highest BCUT2D eigenvalue weighted by Gasteiger charge is 2.36. The molecule has 4 heteroatoms. The summed E-state index contributed by atoms with van der Waals surface area (Å²) in [6.07, 6.45) is 0.0827. The molecule has 0 saturated heterocycles. The smallest absolute Gasteiger partial charge is 0.231 e. The van der Waals surface area contributed by atoms with Crippen molar-refractivity contribution in [2.45, 2.75) is 32.0 Å². The normalized spacial score (nSPS) is 24.8. The summed E-state index contributed by atoms with van der Waals surface area (Å²) in [5.41, 5.74) is 0.414. The van der Waals surface area contributed by atoms with Crippen molar-refractivity contribution in [3.05, 3.63) is 17.7 Å². The van der Waals surface area contributed by atoms with E-state index in [-0.39, 0.29) is 6.79 Å². The molecule has 0 spiro atoms. The molecule has 1 aromatic rings. The molecule has 1 aromatic carbocycles. The molecule has 2 aliphatic rings. The van der Waals surface area contributed by atoms with E-state index in [0.717, 1.165) is 17.1 Å². The van der Waals surface area contributed by atoms with E-state index >= 15 is 0 Å². The van der Waals surface area contributed by atoms with Gasteiger partial charge in [0.25, 0.3) is 0 Å². The summed E-state index contributed by atoms with van der Waals surface area (Å²) < 4.78 is 16.4. The van der Waals surface area contributed by atoms with Crippen LogP contribution in [0.2, 0.25) is 0 Å². The summed E-state index contributed by atoms with van der Waals surface area (Å²) in [6.45, 7) is 4.01. The number of aliphatic hydroxyl groups excluding tert-OH is 1. The molecular weight excluding hydrogens is 208 g/mol. The number of hydrogen-bond acceptors (Lipinski definition) is 4. The monoisotopic (exact) mass is 222 g/mol. The van der Waals surface area contributed by atoms with Gasteiger partial charge in [0.1, 0.15) is 11.4 Å². The first kappa shape index (κ1) is 9.78. The molecule has 1 atom stereocenters. The highest BCUT2D eigenvalue weighted by atomic mass is 16.7. The minimum atomic E-state index is -0.555. The molecule has 1 N–H and O–H groups in total. The highest BCUT2D eigenvalue weighted by molar-refractivity contribution is 5.53. The SMILES string of the molecule is CC1(C)Oc2cc3c(cc2CC1O)OCO3. The van der Waals surface area contributed by atoms with E-state index in [1.807, 2.05) is 26.0 Å². The first-order valence-corrected chi connectivity index (χ1v) is 5.36. The Kier molecular flexibility index (Phi) is 1.86. The summed E-state index contributed by atoms with van der Waals surface area (Å²) in [5.74, 6) is 2.22. The molecule has 3 rings (SSSR count). The zero-order valence-corrected chi connectivity index (χ0v) is 9.32. The van der Waals surface area contributed by atoms with Crippen LogP contribution in [0.3, 0.4) is 0 Å². The fourth-order valence-corrected chi connectivity index (χ4v) is 2.03. The van der Waals surface area contributed by atoms with Gasteiger partial charge < -0.3 is 19.3 Å². The molecule has 0 fully saturated rings. The Morgan fingerprint density at radius 1 is 1.19 bits per heavy atom. The largest absolute Gasteiger partial charge is 0.485 e. The first-order valence-electron chi connectivity index (χ1n) is 5.36. The maximum atomic E-state index is 9.94. The lowest BCUT2D eigenvalue weighted by Crippen LogP contribution is -2.46. The number of ether oxygens (including phenoxy) is 3. The van der Waals surface area contributed by atoms with Gasteiger partial charge >= 0.3 is 0 Å². The van der Waals surface area contributed by atoms with Gasteiger partial charge in [-0.25, -0.2) is 0 Å². The molecule has 2 heterocycles. The van der Waals surface area contributed by atoms with E-state index in [0.29, 0.717) is 12.2 Å². The Labute approximate surface area is 93.7 Å². The lowest BCUT2D eigenvalue weighted by molar-refractivity contribution is -0.0412. The Balaban J connectivity index is 2.05. The predicted octanol–water partition coefficient (Wildman–Crippen LogP) is 1.49. The molecule has 0 amide bonds.